The van der Waals surface area contributed by atoms with Crippen molar-refractivity contribution in [3.8, 4) is 11.3 Å². The van der Waals surface area contributed by atoms with Crippen LogP contribution in [0.1, 0.15) is 19.4 Å². The van der Waals surface area contributed by atoms with Gasteiger partial charge >= 0.3 is 0 Å². The van der Waals surface area contributed by atoms with Gasteiger partial charge in [0, 0.05) is 37.0 Å². The van der Waals surface area contributed by atoms with E-state index in [9.17, 15) is 4.39 Å². The Morgan fingerprint density at radius 1 is 1.33 bits per heavy atom. The number of hydrogen-bond acceptors (Lipinski definition) is 2. The van der Waals surface area contributed by atoms with Crippen molar-refractivity contribution < 1.29 is 4.39 Å². The molecule has 0 saturated carbocycles. The fraction of sp³-hybridized carbons (Fsp3) is 0.357. The summed E-state index contributed by atoms with van der Waals surface area (Å²) in [6, 6.07) is 7.48. The Kier molecular flexibility index (Phi) is 3.77. The molecule has 0 bridgehead atoms. The van der Waals surface area contributed by atoms with Crippen LogP contribution in [-0.2, 0) is 13.6 Å². The van der Waals surface area contributed by atoms with Crippen LogP contribution in [0.15, 0.2) is 30.5 Å². The van der Waals surface area contributed by atoms with Gasteiger partial charge in [-0.25, -0.2) is 4.39 Å². The maximum Gasteiger partial charge on any atom is 0.128 e. The van der Waals surface area contributed by atoms with Crippen molar-refractivity contribution in [2.45, 2.75) is 26.4 Å². The minimum Gasteiger partial charge on any atom is -0.310 e. The van der Waals surface area contributed by atoms with Gasteiger partial charge in [0.2, 0.25) is 0 Å². The molecule has 0 aliphatic heterocycles. The van der Waals surface area contributed by atoms with E-state index in [1.54, 1.807) is 10.7 Å². The molecular weight excluding hydrogens is 229 g/mol. The second-order valence-electron chi connectivity index (χ2n) is 4.72. The molecular formula is C14H18FN3. The maximum absolute atomic E-state index is 13.9. The van der Waals surface area contributed by atoms with Gasteiger partial charge in [-0.15, -0.1) is 0 Å². The first-order valence-corrected chi connectivity index (χ1v) is 6.08. The van der Waals surface area contributed by atoms with E-state index in [0.717, 1.165) is 11.3 Å². The largest absolute Gasteiger partial charge is 0.310 e. The molecule has 3 nitrogen and oxygen atoms in total. The number of hydrogen-bond donors (Lipinski definition) is 1. The highest BCUT2D eigenvalue weighted by Gasteiger charge is 2.07. The van der Waals surface area contributed by atoms with Crippen LogP contribution >= 0.6 is 0 Å². The Labute approximate surface area is 107 Å². The third-order valence-corrected chi connectivity index (χ3v) is 2.76. The third-order valence-electron chi connectivity index (χ3n) is 2.76. The summed E-state index contributed by atoms with van der Waals surface area (Å²) in [5.41, 5.74) is 2.28. The fourth-order valence-corrected chi connectivity index (χ4v) is 1.73. The smallest absolute Gasteiger partial charge is 0.128 e. The van der Waals surface area contributed by atoms with Crippen LogP contribution in [0, 0.1) is 5.82 Å². The van der Waals surface area contributed by atoms with E-state index in [2.05, 4.69) is 10.4 Å². The van der Waals surface area contributed by atoms with Crippen molar-refractivity contribution in [1.82, 2.24) is 15.1 Å². The van der Waals surface area contributed by atoms with E-state index < -0.39 is 0 Å². The fourth-order valence-electron chi connectivity index (χ4n) is 1.73. The molecule has 0 amide bonds. The van der Waals surface area contributed by atoms with E-state index in [1.807, 2.05) is 45.3 Å². The van der Waals surface area contributed by atoms with Crippen LogP contribution in [0.4, 0.5) is 4.39 Å². The van der Waals surface area contributed by atoms with Gasteiger partial charge in [-0.1, -0.05) is 26.0 Å². The number of aryl methyl sites for hydroxylation is 1. The monoisotopic (exact) mass is 247 g/mol. The van der Waals surface area contributed by atoms with Crippen molar-refractivity contribution in [2.75, 3.05) is 0 Å². The van der Waals surface area contributed by atoms with E-state index in [4.69, 9.17) is 0 Å². The molecule has 0 radical (unpaired) electrons. The van der Waals surface area contributed by atoms with Crippen LogP contribution in [0.25, 0.3) is 11.3 Å². The van der Waals surface area contributed by atoms with Gasteiger partial charge in [0.1, 0.15) is 5.82 Å². The molecule has 0 atom stereocenters. The summed E-state index contributed by atoms with van der Waals surface area (Å²) in [6.45, 7) is 4.63. The molecule has 4 heteroatoms. The Hall–Kier alpha value is -1.68. The number of halogens is 1. The van der Waals surface area contributed by atoms with Gasteiger partial charge in [0.15, 0.2) is 0 Å². The number of benzene rings is 1. The first-order valence-electron chi connectivity index (χ1n) is 6.08. The van der Waals surface area contributed by atoms with Gasteiger partial charge in [0.05, 0.1) is 5.69 Å². The second-order valence-corrected chi connectivity index (χ2v) is 4.72. The minimum atomic E-state index is -0.189. The summed E-state index contributed by atoms with van der Waals surface area (Å²) in [4.78, 5) is 0. The molecule has 1 heterocycles. The van der Waals surface area contributed by atoms with Gasteiger partial charge in [-0.2, -0.15) is 5.10 Å². The number of rotatable bonds is 4. The average Bonchev–Trinajstić information content (AvgIpc) is 2.74. The topological polar surface area (TPSA) is 29.9 Å². The van der Waals surface area contributed by atoms with Crippen molar-refractivity contribution >= 4 is 0 Å². The summed E-state index contributed by atoms with van der Waals surface area (Å²) < 4.78 is 15.6. The predicted octanol–water partition coefficient (Wildman–Crippen LogP) is 2.72. The van der Waals surface area contributed by atoms with Gasteiger partial charge in [-0.3, -0.25) is 4.68 Å². The molecule has 1 N–H and O–H groups in total. The molecule has 0 fully saturated rings. The Morgan fingerprint density at radius 3 is 2.67 bits per heavy atom. The highest BCUT2D eigenvalue weighted by Crippen LogP contribution is 2.20. The molecule has 0 aliphatic carbocycles. The minimum absolute atomic E-state index is 0.189. The number of aromatic nitrogens is 2. The third kappa shape index (κ3) is 2.96. The molecule has 0 spiro atoms. The molecule has 0 aliphatic rings. The highest BCUT2D eigenvalue weighted by molar-refractivity contribution is 5.59. The summed E-state index contributed by atoms with van der Waals surface area (Å²) >= 11 is 0. The Bertz CT molecular complexity index is 532. The molecule has 18 heavy (non-hydrogen) atoms. The molecule has 2 rings (SSSR count). The van der Waals surface area contributed by atoms with Crippen molar-refractivity contribution in [3.05, 3.63) is 41.8 Å². The molecule has 0 saturated heterocycles. The van der Waals surface area contributed by atoms with Crippen LogP contribution in [0.5, 0.6) is 0 Å². The molecule has 0 unspecified atom stereocenters. The molecule has 1 aromatic carbocycles. The Morgan fingerprint density at radius 2 is 2.11 bits per heavy atom. The summed E-state index contributed by atoms with van der Waals surface area (Å²) in [5, 5.41) is 7.47. The van der Waals surface area contributed by atoms with Gasteiger partial charge in [0.25, 0.3) is 0 Å². The van der Waals surface area contributed by atoms with Crippen LogP contribution in [-0.4, -0.2) is 15.8 Å². The van der Waals surface area contributed by atoms with E-state index in [0.29, 0.717) is 18.2 Å². The second kappa shape index (κ2) is 5.31. The standard InChI is InChI=1S/C14H18FN3/c1-10(2)16-9-12-5-4-11(8-13(12)15)14-6-7-18(3)17-14/h4-8,10,16H,9H2,1-3H3. The van der Waals surface area contributed by atoms with Crippen LogP contribution in [0.2, 0.25) is 0 Å². The lowest BCUT2D eigenvalue weighted by molar-refractivity contribution is 0.553. The van der Waals surface area contributed by atoms with Gasteiger partial charge in [-0.05, 0) is 12.1 Å². The van der Waals surface area contributed by atoms with E-state index >= 15 is 0 Å². The normalized spacial score (nSPS) is 11.2. The highest BCUT2D eigenvalue weighted by atomic mass is 19.1. The van der Waals surface area contributed by atoms with Crippen molar-refractivity contribution in [2.24, 2.45) is 7.05 Å². The Balaban J connectivity index is 2.19. The summed E-state index contributed by atoms with van der Waals surface area (Å²) in [6.07, 6.45) is 1.85. The number of nitrogens with one attached hydrogen (secondary N) is 1. The first kappa shape index (κ1) is 12.8. The zero-order valence-corrected chi connectivity index (χ0v) is 10.9. The predicted molar refractivity (Wildman–Crippen MR) is 70.6 cm³/mol. The maximum atomic E-state index is 13.9. The van der Waals surface area contributed by atoms with Crippen molar-refractivity contribution in [1.29, 1.82) is 0 Å². The zero-order valence-electron chi connectivity index (χ0n) is 10.9. The summed E-state index contributed by atoms with van der Waals surface area (Å²) in [7, 11) is 1.85. The molecule has 96 valence electrons. The lowest BCUT2D eigenvalue weighted by atomic mass is 10.1. The van der Waals surface area contributed by atoms with E-state index in [1.165, 1.54) is 0 Å². The summed E-state index contributed by atoms with van der Waals surface area (Å²) in [5.74, 6) is -0.189. The van der Waals surface area contributed by atoms with E-state index in [-0.39, 0.29) is 5.82 Å². The quantitative estimate of drug-likeness (QED) is 0.900. The van der Waals surface area contributed by atoms with Crippen LogP contribution in [0.3, 0.4) is 0 Å². The van der Waals surface area contributed by atoms with Gasteiger partial charge < -0.3 is 5.32 Å². The zero-order chi connectivity index (χ0) is 13.1. The first-order chi connectivity index (χ1) is 8.56. The van der Waals surface area contributed by atoms with Crippen LogP contribution < -0.4 is 5.32 Å². The molecule has 1 aromatic heterocycles. The SMILES string of the molecule is CC(C)NCc1ccc(-c2ccn(C)n2)cc1F. The van der Waals surface area contributed by atoms with Crippen molar-refractivity contribution in [3.63, 3.8) is 0 Å². The number of nitrogens with zero attached hydrogens (tertiary/aromatic N) is 2. The molecule has 2 aromatic rings. The lowest BCUT2D eigenvalue weighted by Crippen LogP contribution is -2.22. The lowest BCUT2D eigenvalue weighted by Gasteiger charge is -2.09. The average molecular weight is 247 g/mol.